The highest BCUT2D eigenvalue weighted by molar-refractivity contribution is 5.52. The van der Waals surface area contributed by atoms with Crippen molar-refractivity contribution in [3.8, 4) is 5.75 Å². The van der Waals surface area contributed by atoms with Crippen LogP contribution in [0.5, 0.6) is 5.75 Å². The molecule has 4 heteroatoms. The molecule has 2 N–H and O–H groups in total. The van der Waals surface area contributed by atoms with Crippen LogP contribution in [-0.4, -0.2) is 13.7 Å². The van der Waals surface area contributed by atoms with Gasteiger partial charge in [-0.05, 0) is 25.1 Å². The van der Waals surface area contributed by atoms with Crippen molar-refractivity contribution in [2.24, 2.45) is 5.73 Å². The van der Waals surface area contributed by atoms with E-state index >= 15 is 0 Å². The van der Waals surface area contributed by atoms with Crippen LogP contribution in [-0.2, 0) is 0 Å². The van der Waals surface area contributed by atoms with E-state index < -0.39 is 11.6 Å². The van der Waals surface area contributed by atoms with Crippen LogP contribution in [0.4, 0.5) is 8.78 Å². The lowest BCUT2D eigenvalue weighted by Gasteiger charge is -2.04. The number of halogens is 2. The van der Waals surface area contributed by atoms with Gasteiger partial charge in [-0.1, -0.05) is 12.2 Å². The molecule has 0 aliphatic heterocycles. The minimum Gasteiger partial charge on any atom is -0.494 e. The van der Waals surface area contributed by atoms with Crippen LogP contribution in [0.3, 0.4) is 0 Å². The Bertz CT molecular complexity index is 364. The van der Waals surface area contributed by atoms with Gasteiger partial charge in [-0.15, -0.1) is 0 Å². The molecule has 0 atom stereocenters. The molecule has 0 amide bonds. The van der Waals surface area contributed by atoms with Crippen LogP contribution in [0.25, 0.3) is 6.08 Å². The zero-order valence-electron chi connectivity index (χ0n) is 8.47. The first kappa shape index (κ1) is 11.7. The van der Waals surface area contributed by atoms with Crippen LogP contribution in [0.1, 0.15) is 12.0 Å². The van der Waals surface area contributed by atoms with Gasteiger partial charge < -0.3 is 10.5 Å². The van der Waals surface area contributed by atoms with Crippen molar-refractivity contribution >= 4 is 6.08 Å². The van der Waals surface area contributed by atoms with E-state index in [0.717, 1.165) is 0 Å². The predicted molar refractivity (Wildman–Crippen MR) is 55.6 cm³/mol. The first-order valence-corrected chi connectivity index (χ1v) is 4.59. The van der Waals surface area contributed by atoms with Crippen LogP contribution in [0.2, 0.25) is 0 Å². The Morgan fingerprint density at radius 2 is 2.07 bits per heavy atom. The van der Waals surface area contributed by atoms with E-state index in [0.29, 0.717) is 13.0 Å². The maximum absolute atomic E-state index is 13.3. The second kappa shape index (κ2) is 5.46. The standard InChI is InChI=1S/C11H13F2NO/c1-15-9-6-5-8(4-2-3-7-14)10(12)11(9)13/h2,4-6H,3,7,14H2,1H3. The molecular weight excluding hydrogens is 200 g/mol. The molecule has 2 nitrogen and oxygen atoms in total. The number of hydrogen-bond acceptors (Lipinski definition) is 2. The minimum absolute atomic E-state index is 0.0940. The lowest BCUT2D eigenvalue weighted by atomic mass is 10.1. The Balaban J connectivity index is 2.96. The van der Waals surface area contributed by atoms with E-state index in [4.69, 9.17) is 5.73 Å². The zero-order valence-corrected chi connectivity index (χ0v) is 8.47. The summed E-state index contributed by atoms with van der Waals surface area (Å²) in [5.74, 6) is -1.96. The Kier molecular flexibility index (Phi) is 4.24. The van der Waals surface area contributed by atoms with E-state index in [1.165, 1.54) is 25.3 Å². The Morgan fingerprint density at radius 1 is 1.33 bits per heavy atom. The lowest BCUT2D eigenvalue weighted by molar-refractivity contribution is 0.371. The van der Waals surface area contributed by atoms with Crippen LogP contribution in [0, 0.1) is 11.6 Å². The SMILES string of the molecule is COc1ccc(C=CCCN)c(F)c1F. The Hall–Kier alpha value is -1.42. The van der Waals surface area contributed by atoms with Crippen molar-refractivity contribution in [2.45, 2.75) is 6.42 Å². The van der Waals surface area contributed by atoms with Gasteiger partial charge in [-0.3, -0.25) is 0 Å². The van der Waals surface area contributed by atoms with E-state index in [9.17, 15) is 8.78 Å². The van der Waals surface area contributed by atoms with E-state index in [-0.39, 0.29) is 11.3 Å². The molecule has 0 fully saturated rings. The molecule has 1 aromatic carbocycles. The fourth-order valence-corrected chi connectivity index (χ4v) is 1.14. The second-order valence-corrected chi connectivity index (χ2v) is 2.96. The normalized spacial score (nSPS) is 10.9. The van der Waals surface area contributed by atoms with E-state index in [1.807, 2.05) is 0 Å². The average molecular weight is 213 g/mol. The quantitative estimate of drug-likeness (QED) is 0.833. The summed E-state index contributed by atoms with van der Waals surface area (Å²) in [5, 5.41) is 0. The number of ether oxygens (including phenoxy) is 1. The fraction of sp³-hybridized carbons (Fsp3) is 0.273. The van der Waals surface area contributed by atoms with Crippen molar-refractivity contribution in [3.05, 3.63) is 35.4 Å². The third-order valence-electron chi connectivity index (χ3n) is 1.93. The topological polar surface area (TPSA) is 35.2 Å². The maximum atomic E-state index is 13.3. The number of rotatable bonds is 4. The van der Waals surface area contributed by atoms with Crippen molar-refractivity contribution in [1.82, 2.24) is 0 Å². The molecule has 0 aromatic heterocycles. The number of methoxy groups -OCH3 is 1. The van der Waals surface area contributed by atoms with Gasteiger partial charge in [-0.25, -0.2) is 4.39 Å². The fourth-order valence-electron chi connectivity index (χ4n) is 1.14. The number of hydrogen-bond donors (Lipinski definition) is 1. The molecule has 0 bridgehead atoms. The van der Waals surface area contributed by atoms with Crippen molar-refractivity contribution in [2.75, 3.05) is 13.7 Å². The largest absolute Gasteiger partial charge is 0.494 e. The molecule has 0 heterocycles. The molecule has 0 saturated heterocycles. The Morgan fingerprint density at radius 3 is 2.67 bits per heavy atom. The minimum atomic E-state index is -0.965. The van der Waals surface area contributed by atoms with Gasteiger partial charge in [0.25, 0.3) is 0 Å². The van der Waals surface area contributed by atoms with Gasteiger partial charge in [0.15, 0.2) is 11.6 Å². The number of benzene rings is 1. The third-order valence-corrected chi connectivity index (χ3v) is 1.93. The summed E-state index contributed by atoms with van der Waals surface area (Å²) in [5.41, 5.74) is 5.46. The molecule has 0 aliphatic rings. The van der Waals surface area contributed by atoms with Gasteiger partial charge in [-0.2, -0.15) is 4.39 Å². The van der Waals surface area contributed by atoms with Crippen LogP contribution < -0.4 is 10.5 Å². The smallest absolute Gasteiger partial charge is 0.201 e. The molecule has 0 radical (unpaired) electrons. The van der Waals surface area contributed by atoms with Gasteiger partial charge in [0.2, 0.25) is 5.82 Å². The Labute approximate surface area is 87.4 Å². The molecule has 1 rings (SSSR count). The molecule has 0 unspecified atom stereocenters. The van der Waals surface area contributed by atoms with Gasteiger partial charge in [0.05, 0.1) is 7.11 Å². The van der Waals surface area contributed by atoms with Crippen LogP contribution in [0.15, 0.2) is 18.2 Å². The molecular formula is C11H13F2NO. The van der Waals surface area contributed by atoms with E-state index in [2.05, 4.69) is 4.74 Å². The van der Waals surface area contributed by atoms with Crippen LogP contribution >= 0.6 is 0 Å². The van der Waals surface area contributed by atoms with Crippen molar-refractivity contribution in [1.29, 1.82) is 0 Å². The van der Waals surface area contributed by atoms with Gasteiger partial charge in [0, 0.05) is 5.56 Å². The molecule has 1 aromatic rings. The summed E-state index contributed by atoms with van der Waals surface area (Å²) in [6.45, 7) is 0.483. The molecule has 0 aliphatic carbocycles. The molecule has 0 saturated carbocycles. The van der Waals surface area contributed by atoms with Crippen molar-refractivity contribution < 1.29 is 13.5 Å². The highest BCUT2D eigenvalue weighted by Gasteiger charge is 2.11. The summed E-state index contributed by atoms with van der Waals surface area (Å²) in [4.78, 5) is 0. The highest BCUT2D eigenvalue weighted by atomic mass is 19.2. The van der Waals surface area contributed by atoms with Crippen molar-refractivity contribution in [3.63, 3.8) is 0 Å². The van der Waals surface area contributed by atoms with Gasteiger partial charge >= 0.3 is 0 Å². The lowest BCUT2D eigenvalue weighted by Crippen LogP contribution is -1.96. The zero-order chi connectivity index (χ0) is 11.3. The molecule has 82 valence electrons. The second-order valence-electron chi connectivity index (χ2n) is 2.96. The maximum Gasteiger partial charge on any atom is 0.201 e. The predicted octanol–water partition coefficient (Wildman–Crippen LogP) is 2.34. The summed E-state index contributed by atoms with van der Waals surface area (Å²) in [7, 11) is 1.29. The van der Waals surface area contributed by atoms with Gasteiger partial charge in [0.1, 0.15) is 0 Å². The number of nitrogens with two attached hydrogens (primary N) is 1. The summed E-state index contributed by atoms with van der Waals surface area (Å²) in [6, 6.07) is 2.85. The third kappa shape index (κ3) is 2.76. The first-order valence-electron chi connectivity index (χ1n) is 4.59. The first-order chi connectivity index (χ1) is 7.20. The summed E-state index contributed by atoms with van der Waals surface area (Å²) in [6.07, 6.45) is 3.84. The van der Waals surface area contributed by atoms with E-state index in [1.54, 1.807) is 6.08 Å². The monoisotopic (exact) mass is 213 g/mol. The molecule has 0 spiro atoms. The molecule has 15 heavy (non-hydrogen) atoms. The average Bonchev–Trinajstić information content (AvgIpc) is 2.25. The summed E-state index contributed by atoms with van der Waals surface area (Å²) >= 11 is 0. The summed E-state index contributed by atoms with van der Waals surface area (Å²) < 4.78 is 31.2. The highest BCUT2D eigenvalue weighted by Crippen LogP contribution is 2.23.